The van der Waals surface area contributed by atoms with Crippen molar-refractivity contribution >= 4 is 21.6 Å². The molecule has 2 atom stereocenters. The summed E-state index contributed by atoms with van der Waals surface area (Å²) >= 11 is 1.77. The largest absolute Gasteiger partial charge is 0.315 e. The van der Waals surface area contributed by atoms with Gasteiger partial charge < -0.3 is 5.32 Å². The summed E-state index contributed by atoms with van der Waals surface area (Å²) in [4.78, 5) is 2.24. The third kappa shape index (κ3) is 3.16. The highest BCUT2D eigenvalue weighted by atomic mass is 32.2. The number of hydrogen-bond donors (Lipinski definition) is 1. The fourth-order valence-corrected chi connectivity index (χ4v) is 5.72. The van der Waals surface area contributed by atoms with Gasteiger partial charge in [0.1, 0.15) is 5.37 Å². The SMILES string of the molecule is CCS(=O)(=O)C1CSCCN1C1CCCNC1. The van der Waals surface area contributed by atoms with Crippen molar-refractivity contribution in [2.24, 2.45) is 0 Å². The van der Waals surface area contributed by atoms with Crippen LogP contribution in [0.5, 0.6) is 0 Å². The predicted octanol–water partition coefficient (Wildman–Crippen LogP) is 0.548. The molecule has 0 aromatic heterocycles. The number of thioether (sulfide) groups is 1. The fourth-order valence-electron chi connectivity index (χ4n) is 2.63. The van der Waals surface area contributed by atoms with E-state index in [1.807, 2.05) is 0 Å². The highest BCUT2D eigenvalue weighted by Crippen LogP contribution is 2.25. The average Bonchev–Trinajstić information content (AvgIpc) is 2.40. The highest BCUT2D eigenvalue weighted by Gasteiger charge is 2.36. The van der Waals surface area contributed by atoms with Gasteiger partial charge in [0.05, 0.1) is 0 Å². The summed E-state index contributed by atoms with van der Waals surface area (Å²) in [6.45, 7) is 4.69. The summed E-state index contributed by atoms with van der Waals surface area (Å²) in [6, 6.07) is 0.413. The zero-order chi connectivity index (χ0) is 12.3. The molecule has 0 aliphatic carbocycles. The Balaban J connectivity index is 2.11. The Bertz CT molecular complexity index is 339. The lowest BCUT2D eigenvalue weighted by Crippen LogP contribution is -2.56. The summed E-state index contributed by atoms with van der Waals surface area (Å²) in [6.07, 6.45) is 2.29. The number of piperidine rings is 1. The van der Waals surface area contributed by atoms with Crippen LogP contribution in [0.4, 0.5) is 0 Å². The molecule has 0 aromatic carbocycles. The van der Waals surface area contributed by atoms with Gasteiger partial charge in [-0.05, 0) is 19.4 Å². The van der Waals surface area contributed by atoms with Gasteiger partial charge in [-0.3, -0.25) is 4.90 Å². The number of nitrogens with zero attached hydrogens (tertiary/aromatic N) is 1. The van der Waals surface area contributed by atoms with Crippen LogP contribution in [0, 0.1) is 0 Å². The molecular formula is C11H22N2O2S2. The van der Waals surface area contributed by atoms with Crippen LogP contribution >= 0.6 is 11.8 Å². The first-order valence-corrected chi connectivity index (χ1v) is 9.28. The van der Waals surface area contributed by atoms with Crippen LogP contribution in [-0.4, -0.2) is 61.6 Å². The highest BCUT2D eigenvalue weighted by molar-refractivity contribution is 8.01. The van der Waals surface area contributed by atoms with E-state index in [0.29, 0.717) is 6.04 Å². The normalized spacial score (nSPS) is 32.5. The van der Waals surface area contributed by atoms with Gasteiger partial charge in [-0.15, -0.1) is 0 Å². The number of nitrogens with one attached hydrogen (secondary N) is 1. The number of hydrogen-bond acceptors (Lipinski definition) is 5. The average molecular weight is 278 g/mol. The molecule has 2 aliphatic heterocycles. The predicted molar refractivity (Wildman–Crippen MR) is 73.2 cm³/mol. The Morgan fingerprint density at radius 2 is 2.29 bits per heavy atom. The quantitative estimate of drug-likeness (QED) is 0.817. The zero-order valence-electron chi connectivity index (χ0n) is 10.4. The van der Waals surface area contributed by atoms with Crippen molar-refractivity contribution in [3.05, 3.63) is 0 Å². The molecule has 0 radical (unpaired) electrons. The van der Waals surface area contributed by atoms with Gasteiger partial charge in [0.2, 0.25) is 0 Å². The van der Waals surface area contributed by atoms with E-state index in [2.05, 4.69) is 10.2 Å². The minimum absolute atomic E-state index is 0.254. The molecule has 2 aliphatic rings. The van der Waals surface area contributed by atoms with Gasteiger partial charge in [-0.25, -0.2) is 8.42 Å². The molecule has 0 spiro atoms. The van der Waals surface area contributed by atoms with E-state index in [0.717, 1.165) is 44.0 Å². The number of sulfone groups is 1. The van der Waals surface area contributed by atoms with Crippen LogP contribution in [0.1, 0.15) is 19.8 Å². The van der Waals surface area contributed by atoms with Crippen LogP contribution in [0.2, 0.25) is 0 Å². The Hall–Kier alpha value is 0.220. The van der Waals surface area contributed by atoms with E-state index in [4.69, 9.17) is 0 Å². The van der Waals surface area contributed by atoms with Crippen molar-refractivity contribution in [1.82, 2.24) is 10.2 Å². The molecule has 6 heteroatoms. The fraction of sp³-hybridized carbons (Fsp3) is 1.00. The first-order chi connectivity index (χ1) is 8.15. The molecule has 2 heterocycles. The van der Waals surface area contributed by atoms with Gasteiger partial charge in [-0.1, -0.05) is 6.92 Å². The molecule has 4 nitrogen and oxygen atoms in total. The van der Waals surface area contributed by atoms with Gasteiger partial charge in [-0.2, -0.15) is 11.8 Å². The molecule has 17 heavy (non-hydrogen) atoms. The second-order valence-corrected chi connectivity index (χ2v) is 8.32. The maximum Gasteiger partial charge on any atom is 0.166 e. The van der Waals surface area contributed by atoms with E-state index >= 15 is 0 Å². The van der Waals surface area contributed by atoms with Crippen LogP contribution in [0.25, 0.3) is 0 Å². The Morgan fingerprint density at radius 1 is 1.47 bits per heavy atom. The molecular weight excluding hydrogens is 256 g/mol. The van der Waals surface area contributed by atoms with Crippen molar-refractivity contribution in [2.75, 3.05) is 36.9 Å². The molecule has 100 valence electrons. The molecule has 2 fully saturated rings. The van der Waals surface area contributed by atoms with Crippen LogP contribution in [-0.2, 0) is 9.84 Å². The van der Waals surface area contributed by atoms with E-state index in [9.17, 15) is 8.42 Å². The van der Waals surface area contributed by atoms with Crippen molar-refractivity contribution in [2.45, 2.75) is 31.2 Å². The maximum atomic E-state index is 12.1. The first-order valence-electron chi connectivity index (χ1n) is 6.41. The molecule has 1 N–H and O–H groups in total. The number of rotatable bonds is 3. The second kappa shape index (κ2) is 5.91. The molecule has 0 bridgehead atoms. The smallest absolute Gasteiger partial charge is 0.166 e. The topological polar surface area (TPSA) is 49.4 Å². The minimum atomic E-state index is -2.94. The first kappa shape index (κ1) is 13.6. The van der Waals surface area contributed by atoms with Crippen molar-refractivity contribution in [3.63, 3.8) is 0 Å². The summed E-state index contributed by atoms with van der Waals surface area (Å²) < 4.78 is 24.3. The van der Waals surface area contributed by atoms with E-state index in [-0.39, 0.29) is 11.1 Å². The summed E-state index contributed by atoms with van der Waals surface area (Å²) in [5, 5.41) is 3.13. The van der Waals surface area contributed by atoms with Crippen molar-refractivity contribution < 1.29 is 8.42 Å². The van der Waals surface area contributed by atoms with E-state index in [1.165, 1.54) is 0 Å². The van der Waals surface area contributed by atoms with Gasteiger partial charge >= 0.3 is 0 Å². The van der Waals surface area contributed by atoms with Gasteiger partial charge in [0.15, 0.2) is 9.84 Å². The Labute approximate surface area is 108 Å². The Kier molecular flexibility index (Phi) is 4.74. The van der Waals surface area contributed by atoms with Crippen LogP contribution < -0.4 is 5.32 Å². The van der Waals surface area contributed by atoms with E-state index < -0.39 is 9.84 Å². The van der Waals surface area contributed by atoms with Crippen LogP contribution in [0.15, 0.2) is 0 Å². The molecule has 2 unspecified atom stereocenters. The molecule has 2 saturated heterocycles. The lowest BCUT2D eigenvalue weighted by Gasteiger charge is -2.41. The Morgan fingerprint density at radius 3 is 2.94 bits per heavy atom. The van der Waals surface area contributed by atoms with E-state index in [1.54, 1.807) is 18.7 Å². The summed E-state index contributed by atoms with van der Waals surface area (Å²) in [5.41, 5.74) is 0. The van der Waals surface area contributed by atoms with Gasteiger partial charge in [0.25, 0.3) is 0 Å². The maximum absolute atomic E-state index is 12.1. The third-order valence-electron chi connectivity index (χ3n) is 3.68. The van der Waals surface area contributed by atoms with Crippen LogP contribution in [0.3, 0.4) is 0 Å². The second-order valence-electron chi connectivity index (χ2n) is 4.72. The van der Waals surface area contributed by atoms with Gasteiger partial charge in [0, 0.05) is 36.4 Å². The monoisotopic (exact) mass is 278 g/mol. The summed E-state index contributed by atoms with van der Waals surface area (Å²) in [5.74, 6) is 2.06. The third-order valence-corrected chi connectivity index (χ3v) is 6.99. The lowest BCUT2D eigenvalue weighted by atomic mass is 10.1. The molecule has 0 saturated carbocycles. The molecule has 0 amide bonds. The lowest BCUT2D eigenvalue weighted by molar-refractivity contribution is 0.162. The molecule has 2 rings (SSSR count). The molecule has 0 aromatic rings. The van der Waals surface area contributed by atoms with Crippen molar-refractivity contribution in [1.29, 1.82) is 0 Å². The minimum Gasteiger partial charge on any atom is -0.315 e. The van der Waals surface area contributed by atoms with Crippen molar-refractivity contribution in [3.8, 4) is 0 Å². The summed E-state index contributed by atoms with van der Waals surface area (Å²) in [7, 11) is -2.94. The zero-order valence-corrected chi connectivity index (χ0v) is 12.0. The standard InChI is InChI=1S/C11H22N2O2S2/c1-2-17(14,15)11-9-16-7-6-13(11)10-4-3-5-12-8-10/h10-12H,2-9H2,1H3.